The van der Waals surface area contributed by atoms with Crippen LogP contribution in [0.15, 0.2) is 24.8 Å². The number of hydrogen-bond donors (Lipinski definition) is 3. The largest absolute Gasteiger partial charge is 0.369 e. The standard InChI is InChI=1S/C9H11N5O2S/c10-6(15)5-17(16)7(8-11-1-2-12-8)9-13-3-4-14-9/h1-4,7H,5H2,(H2,10,15)(H,11,12)(H,13,14). The molecule has 8 heteroatoms. The minimum absolute atomic E-state index is 0.230. The van der Waals surface area contributed by atoms with E-state index >= 15 is 0 Å². The minimum Gasteiger partial charge on any atom is -0.369 e. The van der Waals surface area contributed by atoms with Crippen molar-refractivity contribution in [1.82, 2.24) is 19.9 Å². The van der Waals surface area contributed by atoms with Crippen LogP contribution >= 0.6 is 0 Å². The van der Waals surface area contributed by atoms with Crippen LogP contribution in [-0.2, 0) is 15.6 Å². The highest BCUT2D eigenvalue weighted by molar-refractivity contribution is 7.86. The first-order chi connectivity index (χ1) is 8.18. The average molecular weight is 253 g/mol. The molecule has 2 aromatic rings. The number of aromatic nitrogens is 4. The number of imidazole rings is 2. The maximum Gasteiger partial charge on any atom is 0.230 e. The van der Waals surface area contributed by atoms with E-state index in [0.717, 1.165) is 0 Å². The Morgan fingerprint density at radius 3 is 2.18 bits per heavy atom. The van der Waals surface area contributed by atoms with Crippen LogP contribution in [-0.4, -0.2) is 35.8 Å². The zero-order valence-corrected chi connectivity index (χ0v) is 9.61. The Bertz CT molecular complexity index is 473. The molecule has 1 unspecified atom stereocenters. The zero-order chi connectivity index (χ0) is 12.3. The van der Waals surface area contributed by atoms with E-state index in [4.69, 9.17) is 5.73 Å². The van der Waals surface area contributed by atoms with Crippen LogP contribution in [0.25, 0.3) is 0 Å². The van der Waals surface area contributed by atoms with Gasteiger partial charge in [0.15, 0.2) is 5.25 Å². The van der Waals surface area contributed by atoms with Crippen molar-refractivity contribution in [2.75, 3.05) is 5.75 Å². The van der Waals surface area contributed by atoms with Crippen molar-refractivity contribution in [2.45, 2.75) is 5.25 Å². The van der Waals surface area contributed by atoms with Gasteiger partial charge in [0.1, 0.15) is 17.4 Å². The van der Waals surface area contributed by atoms with Gasteiger partial charge < -0.3 is 15.7 Å². The van der Waals surface area contributed by atoms with Crippen LogP contribution < -0.4 is 5.73 Å². The minimum atomic E-state index is -1.51. The Balaban J connectivity index is 2.32. The van der Waals surface area contributed by atoms with E-state index in [1.165, 1.54) is 0 Å². The normalized spacial score (nSPS) is 12.8. The highest BCUT2D eigenvalue weighted by atomic mass is 32.2. The zero-order valence-electron chi connectivity index (χ0n) is 8.79. The molecule has 7 nitrogen and oxygen atoms in total. The summed E-state index contributed by atoms with van der Waals surface area (Å²) in [6.45, 7) is 0. The second-order valence-corrected chi connectivity index (χ2v) is 4.84. The number of primary amides is 1. The summed E-state index contributed by atoms with van der Waals surface area (Å²) in [5.74, 6) is 0.122. The van der Waals surface area contributed by atoms with Gasteiger partial charge in [0, 0.05) is 35.6 Å². The predicted molar refractivity (Wildman–Crippen MR) is 61.2 cm³/mol. The molecule has 1 amide bonds. The summed E-state index contributed by atoms with van der Waals surface area (Å²) < 4.78 is 12.0. The van der Waals surface area contributed by atoms with Crippen molar-refractivity contribution in [3.63, 3.8) is 0 Å². The topological polar surface area (TPSA) is 118 Å². The number of amides is 1. The summed E-state index contributed by atoms with van der Waals surface area (Å²) >= 11 is 0. The number of hydrogen-bond acceptors (Lipinski definition) is 4. The molecule has 17 heavy (non-hydrogen) atoms. The van der Waals surface area contributed by atoms with Gasteiger partial charge >= 0.3 is 0 Å². The second-order valence-electron chi connectivity index (χ2n) is 3.32. The van der Waals surface area contributed by atoms with Gasteiger partial charge in [-0.25, -0.2) is 9.97 Å². The first kappa shape index (κ1) is 11.5. The molecule has 0 saturated heterocycles. The monoisotopic (exact) mass is 253 g/mol. The van der Waals surface area contributed by atoms with E-state index in [2.05, 4.69) is 19.9 Å². The molecule has 0 aliphatic heterocycles. The summed E-state index contributed by atoms with van der Waals surface area (Å²) in [6.07, 6.45) is 6.33. The van der Waals surface area contributed by atoms with E-state index in [1.807, 2.05) is 0 Å². The maximum atomic E-state index is 12.0. The molecule has 4 N–H and O–H groups in total. The maximum absolute atomic E-state index is 12.0. The van der Waals surface area contributed by atoms with Gasteiger partial charge in [-0.2, -0.15) is 0 Å². The summed E-state index contributed by atoms with van der Waals surface area (Å²) in [5, 5.41) is -0.604. The Morgan fingerprint density at radius 1 is 1.29 bits per heavy atom. The summed E-state index contributed by atoms with van der Waals surface area (Å²) in [6, 6.07) is 0. The Labute approximate surface area is 99.3 Å². The Morgan fingerprint density at radius 2 is 1.82 bits per heavy atom. The molecule has 0 aromatic carbocycles. The van der Waals surface area contributed by atoms with E-state index in [-0.39, 0.29) is 5.75 Å². The number of nitrogens with zero attached hydrogens (tertiary/aromatic N) is 2. The van der Waals surface area contributed by atoms with Crippen LogP contribution in [0.2, 0.25) is 0 Å². The lowest BCUT2D eigenvalue weighted by Gasteiger charge is -2.10. The molecular weight excluding hydrogens is 242 g/mol. The Kier molecular flexibility index (Phi) is 3.33. The molecule has 2 heterocycles. The van der Waals surface area contributed by atoms with Gasteiger partial charge in [-0.1, -0.05) is 0 Å². The molecular formula is C9H11N5O2S. The number of nitrogens with one attached hydrogen (secondary N) is 2. The molecule has 90 valence electrons. The van der Waals surface area contributed by atoms with Crippen molar-refractivity contribution in [3.8, 4) is 0 Å². The molecule has 0 aliphatic carbocycles. The van der Waals surface area contributed by atoms with Gasteiger partial charge in [-0.15, -0.1) is 0 Å². The number of carbonyl (C=O) groups is 1. The smallest absolute Gasteiger partial charge is 0.230 e. The van der Waals surface area contributed by atoms with Crippen LogP contribution in [0.3, 0.4) is 0 Å². The number of aromatic amines is 2. The van der Waals surface area contributed by atoms with E-state index < -0.39 is 22.0 Å². The molecule has 0 radical (unpaired) electrons. The van der Waals surface area contributed by atoms with Crippen LogP contribution in [0, 0.1) is 0 Å². The van der Waals surface area contributed by atoms with Crippen LogP contribution in [0.5, 0.6) is 0 Å². The van der Waals surface area contributed by atoms with E-state index in [1.54, 1.807) is 24.8 Å². The number of nitrogens with two attached hydrogens (primary N) is 1. The first-order valence-corrected chi connectivity index (χ1v) is 6.20. The van der Waals surface area contributed by atoms with E-state index in [0.29, 0.717) is 11.6 Å². The highest BCUT2D eigenvalue weighted by Crippen LogP contribution is 2.22. The predicted octanol–water partition coefficient (Wildman–Crippen LogP) is -0.544. The van der Waals surface area contributed by atoms with Crippen molar-refractivity contribution in [1.29, 1.82) is 0 Å². The molecule has 0 spiro atoms. The third-order valence-corrected chi connectivity index (χ3v) is 3.62. The first-order valence-electron chi connectivity index (χ1n) is 4.82. The lowest BCUT2D eigenvalue weighted by Crippen LogP contribution is -2.24. The van der Waals surface area contributed by atoms with Gasteiger partial charge in [0.25, 0.3) is 0 Å². The summed E-state index contributed by atoms with van der Waals surface area (Å²) in [4.78, 5) is 24.6. The molecule has 1 atom stereocenters. The van der Waals surface area contributed by atoms with Crippen molar-refractivity contribution in [3.05, 3.63) is 36.4 Å². The van der Waals surface area contributed by atoms with Crippen molar-refractivity contribution >= 4 is 16.7 Å². The van der Waals surface area contributed by atoms with Gasteiger partial charge in [0.05, 0.1) is 0 Å². The molecule has 0 aliphatic rings. The second kappa shape index (κ2) is 4.91. The summed E-state index contributed by atoms with van der Waals surface area (Å²) in [5.41, 5.74) is 5.04. The molecule has 2 aromatic heterocycles. The van der Waals surface area contributed by atoms with Crippen LogP contribution in [0.1, 0.15) is 16.9 Å². The quantitative estimate of drug-likeness (QED) is 0.663. The molecule has 0 bridgehead atoms. The molecule has 2 rings (SSSR count). The highest BCUT2D eigenvalue weighted by Gasteiger charge is 2.26. The number of rotatable bonds is 5. The lowest BCUT2D eigenvalue weighted by molar-refractivity contribution is -0.115. The number of H-pyrrole nitrogens is 2. The SMILES string of the molecule is NC(=O)CS(=O)C(c1ncc[nH]1)c1ncc[nH]1. The lowest BCUT2D eigenvalue weighted by atomic mass is 10.4. The van der Waals surface area contributed by atoms with E-state index in [9.17, 15) is 9.00 Å². The van der Waals surface area contributed by atoms with Crippen molar-refractivity contribution < 1.29 is 9.00 Å². The van der Waals surface area contributed by atoms with Gasteiger partial charge in [0.2, 0.25) is 5.91 Å². The fourth-order valence-electron chi connectivity index (χ4n) is 1.44. The average Bonchev–Trinajstić information content (AvgIpc) is 2.88. The van der Waals surface area contributed by atoms with Crippen molar-refractivity contribution in [2.24, 2.45) is 5.73 Å². The fourth-order valence-corrected chi connectivity index (χ4v) is 2.65. The fraction of sp³-hybridized carbons (Fsp3) is 0.222. The van der Waals surface area contributed by atoms with Gasteiger partial charge in [-0.05, 0) is 0 Å². The molecule has 0 saturated carbocycles. The molecule has 0 fully saturated rings. The van der Waals surface area contributed by atoms with Crippen LogP contribution in [0.4, 0.5) is 0 Å². The number of carbonyl (C=O) groups excluding carboxylic acids is 1. The Hall–Kier alpha value is -1.96. The summed E-state index contributed by atoms with van der Waals surface area (Å²) in [7, 11) is -1.51. The third kappa shape index (κ3) is 2.59. The third-order valence-electron chi connectivity index (χ3n) is 2.08. The van der Waals surface area contributed by atoms with Gasteiger partial charge in [-0.3, -0.25) is 9.00 Å².